The summed E-state index contributed by atoms with van der Waals surface area (Å²) in [5.41, 5.74) is 7.13. The molecule has 2 aromatic heterocycles. The maximum absolute atomic E-state index is 5.54. The molecule has 5 heteroatoms. The Morgan fingerprint density at radius 3 is 3.18 bits per heavy atom. The zero-order valence-electron chi connectivity index (χ0n) is 5.73. The molecule has 0 spiro atoms. The van der Waals surface area contributed by atoms with Gasteiger partial charge in [-0.3, -0.25) is 0 Å². The Kier molecular flexibility index (Phi) is 1.12. The summed E-state index contributed by atoms with van der Waals surface area (Å²) < 4.78 is 1.58. The van der Waals surface area contributed by atoms with E-state index in [0.29, 0.717) is 16.9 Å². The van der Waals surface area contributed by atoms with Crippen LogP contribution in [0.2, 0.25) is 0 Å². The van der Waals surface area contributed by atoms with Crippen LogP contribution in [0.3, 0.4) is 0 Å². The van der Waals surface area contributed by atoms with Gasteiger partial charge in [-0.05, 0) is 11.7 Å². The van der Waals surface area contributed by atoms with Gasteiger partial charge >= 0.3 is 0 Å². The average Bonchev–Trinajstić information content (AvgIpc) is 2.33. The molecule has 2 radical (unpaired) electrons. The van der Waals surface area contributed by atoms with Crippen molar-refractivity contribution in [3.8, 4) is 0 Å². The second-order valence-electron chi connectivity index (χ2n) is 2.22. The largest absolute Gasteiger partial charge is 0.394 e. The molecule has 0 aliphatic carbocycles. The van der Waals surface area contributed by atoms with Gasteiger partial charge < -0.3 is 5.73 Å². The summed E-state index contributed by atoms with van der Waals surface area (Å²) in [5, 5.41) is 3.93. The van der Waals surface area contributed by atoms with E-state index in [-0.39, 0.29) is 0 Å². The van der Waals surface area contributed by atoms with E-state index in [1.807, 2.05) is 0 Å². The van der Waals surface area contributed by atoms with Crippen LogP contribution in [-0.2, 0) is 0 Å². The fourth-order valence-corrected chi connectivity index (χ4v) is 0.900. The van der Waals surface area contributed by atoms with E-state index in [1.165, 1.54) is 0 Å². The number of nitrogen functional groups attached to an aromatic ring is 1. The van der Waals surface area contributed by atoms with E-state index in [4.69, 9.17) is 13.6 Å². The summed E-state index contributed by atoms with van der Waals surface area (Å²) >= 11 is 0. The maximum Gasteiger partial charge on any atom is 0.177 e. The predicted octanol–water partition coefficient (Wildman–Crippen LogP) is -0.895. The van der Waals surface area contributed by atoms with Crippen LogP contribution in [0.5, 0.6) is 0 Å². The van der Waals surface area contributed by atoms with Gasteiger partial charge in [-0.25, -0.2) is 9.50 Å². The Labute approximate surface area is 64.4 Å². The van der Waals surface area contributed by atoms with Crippen molar-refractivity contribution in [2.45, 2.75) is 0 Å². The second kappa shape index (κ2) is 1.98. The van der Waals surface area contributed by atoms with Crippen LogP contribution in [0.4, 0.5) is 5.69 Å². The van der Waals surface area contributed by atoms with Crippen LogP contribution in [-0.4, -0.2) is 22.4 Å². The topological polar surface area (TPSA) is 56.2 Å². The number of nitrogens with two attached hydrogens (primary N) is 1. The van der Waals surface area contributed by atoms with Crippen LogP contribution in [0, 0.1) is 0 Å². The van der Waals surface area contributed by atoms with Crippen LogP contribution >= 0.6 is 0 Å². The highest BCUT2D eigenvalue weighted by atomic mass is 15.2. The van der Waals surface area contributed by atoms with Crippen molar-refractivity contribution >= 4 is 24.8 Å². The quantitative estimate of drug-likeness (QED) is 0.487. The van der Waals surface area contributed by atoms with Gasteiger partial charge in [0.05, 0.1) is 11.9 Å². The molecule has 2 heterocycles. The van der Waals surface area contributed by atoms with Gasteiger partial charge in [0.1, 0.15) is 7.85 Å². The molecule has 11 heavy (non-hydrogen) atoms. The highest BCUT2D eigenvalue weighted by Gasteiger charge is 1.99. The highest BCUT2D eigenvalue weighted by Crippen LogP contribution is 2.05. The van der Waals surface area contributed by atoms with Gasteiger partial charge in [-0.1, -0.05) is 0 Å². The average molecular weight is 144 g/mol. The summed E-state index contributed by atoms with van der Waals surface area (Å²) in [5.74, 6) is 0. The molecule has 0 fully saturated rings. The van der Waals surface area contributed by atoms with E-state index < -0.39 is 0 Å². The predicted molar refractivity (Wildman–Crippen MR) is 42.8 cm³/mol. The number of hydrogen-bond acceptors (Lipinski definition) is 3. The smallest absolute Gasteiger partial charge is 0.177 e. The minimum absolute atomic E-state index is 0.449. The number of fused-ring (bicyclic) bond motifs is 1. The third kappa shape index (κ3) is 0.850. The van der Waals surface area contributed by atoms with Gasteiger partial charge in [0, 0.05) is 6.20 Å². The first-order valence-electron chi connectivity index (χ1n) is 3.13. The van der Waals surface area contributed by atoms with Crippen molar-refractivity contribution < 1.29 is 0 Å². The lowest BCUT2D eigenvalue weighted by Gasteiger charge is -1.93. The summed E-state index contributed by atoms with van der Waals surface area (Å²) in [4.78, 5) is 3.99. The summed E-state index contributed by atoms with van der Waals surface area (Å²) in [6.45, 7) is 0. The Balaban J connectivity index is 2.87. The molecular weight excluding hydrogens is 139 g/mol. The molecule has 0 bridgehead atoms. The summed E-state index contributed by atoms with van der Waals surface area (Å²) in [6.07, 6.45) is 3.26. The molecule has 0 aliphatic heterocycles. The molecule has 0 unspecified atom stereocenters. The first kappa shape index (κ1) is 6.21. The van der Waals surface area contributed by atoms with Crippen molar-refractivity contribution in [3.63, 3.8) is 0 Å². The monoisotopic (exact) mass is 144 g/mol. The molecule has 0 aliphatic rings. The maximum atomic E-state index is 5.54. The first-order chi connectivity index (χ1) is 5.27. The standard InChI is InChI=1S/C6H5BN4/c7-5-1-2-11-6(10-5)4(8)3-9-11/h1-3H,8H2. The Bertz CT molecular complexity index is 394. The van der Waals surface area contributed by atoms with E-state index in [0.717, 1.165) is 0 Å². The van der Waals surface area contributed by atoms with E-state index in [9.17, 15) is 0 Å². The lowest BCUT2D eigenvalue weighted by atomic mass is 10.1. The zero-order chi connectivity index (χ0) is 7.84. The Hall–Kier alpha value is -1.52. The van der Waals surface area contributed by atoms with Crippen LogP contribution in [0.25, 0.3) is 5.65 Å². The SMILES string of the molecule is [B]c1ccn2ncc(N)c2n1. The number of nitrogens with zero attached hydrogens (tertiary/aromatic N) is 3. The number of hydrogen-bond donors (Lipinski definition) is 1. The minimum Gasteiger partial charge on any atom is -0.394 e. The van der Waals surface area contributed by atoms with Gasteiger partial charge in [0.15, 0.2) is 5.65 Å². The third-order valence-corrected chi connectivity index (χ3v) is 1.42. The Morgan fingerprint density at radius 1 is 1.55 bits per heavy atom. The normalized spacial score (nSPS) is 10.5. The molecule has 2 aromatic rings. The molecule has 0 aromatic carbocycles. The van der Waals surface area contributed by atoms with Crippen molar-refractivity contribution in [2.24, 2.45) is 0 Å². The molecule has 0 saturated heterocycles. The fourth-order valence-electron chi connectivity index (χ4n) is 0.900. The molecule has 2 rings (SSSR count). The van der Waals surface area contributed by atoms with E-state index in [2.05, 4.69) is 10.1 Å². The van der Waals surface area contributed by atoms with Gasteiger partial charge in [-0.15, -0.1) is 0 Å². The molecule has 52 valence electrons. The molecule has 0 saturated carbocycles. The van der Waals surface area contributed by atoms with E-state index >= 15 is 0 Å². The van der Waals surface area contributed by atoms with Gasteiger partial charge in [0.25, 0.3) is 0 Å². The van der Waals surface area contributed by atoms with Crippen molar-refractivity contribution in [1.29, 1.82) is 0 Å². The van der Waals surface area contributed by atoms with Crippen LogP contribution in [0.1, 0.15) is 0 Å². The van der Waals surface area contributed by atoms with Crippen molar-refractivity contribution in [1.82, 2.24) is 14.6 Å². The van der Waals surface area contributed by atoms with Gasteiger partial charge in [0.2, 0.25) is 0 Å². The first-order valence-corrected chi connectivity index (χ1v) is 3.13. The molecular formula is C6H5BN4. The van der Waals surface area contributed by atoms with Crippen molar-refractivity contribution in [3.05, 3.63) is 18.5 Å². The molecule has 2 N–H and O–H groups in total. The van der Waals surface area contributed by atoms with Crippen LogP contribution in [0.15, 0.2) is 18.5 Å². The lowest BCUT2D eigenvalue weighted by molar-refractivity contribution is 0.944. The molecule has 0 atom stereocenters. The Morgan fingerprint density at radius 2 is 2.36 bits per heavy atom. The highest BCUT2D eigenvalue weighted by molar-refractivity contribution is 6.30. The number of aromatic nitrogens is 3. The number of anilines is 1. The van der Waals surface area contributed by atoms with Crippen LogP contribution < -0.4 is 11.3 Å². The summed E-state index contributed by atoms with van der Waals surface area (Å²) in [7, 11) is 5.44. The second-order valence-corrected chi connectivity index (χ2v) is 2.22. The minimum atomic E-state index is 0.449. The van der Waals surface area contributed by atoms with Gasteiger partial charge in [-0.2, -0.15) is 5.10 Å². The number of rotatable bonds is 0. The molecule has 0 amide bonds. The van der Waals surface area contributed by atoms with E-state index in [1.54, 1.807) is 23.0 Å². The lowest BCUT2D eigenvalue weighted by Crippen LogP contribution is -2.09. The fraction of sp³-hybridized carbons (Fsp3) is 0. The molecule has 4 nitrogen and oxygen atoms in total. The van der Waals surface area contributed by atoms with Crippen molar-refractivity contribution in [2.75, 3.05) is 5.73 Å². The zero-order valence-corrected chi connectivity index (χ0v) is 5.73. The third-order valence-electron chi connectivity index (χ3n) is 1.42. The summed E-state index contributed by atoms with van der Waals surface area (Å²) in [6, 6.07) is 1.67.